The van der Waals surface area contributed by atoms with Crippen molar-refractivity contribution in [2.45, 2.75) is 6.29 Å². The molecule has 1 aromatic carbocycles. The minimum atomic E-state index is -0.0596. The molecule has 3 rings (SSSR count). The fourth-order valence-electron chi connectivity index (χ4n) is 1.73. The van der Waals surface area contributed by atoms with E-state index in [2.05, 4.69) is 25.9 Å². The molecular weight excluding hydrogens is 226 g/mol. The fraction of sp³-hybridized carbons (Fsp3) is 0.300. The maximum atomic E-state index is 5.88. The van der Waals surface area contributed by atoms with E-state index in [0.29, 0.717) is 10.9 Å². The first-order valence-corrected chi connectivity index (χ1v) is 5.47. The zero-order chi connectivity index (χ0) is 11.0. The summed E-state index contributed by atoms with van der Waals surface area (Å²) < 4.78 is 0. The Kier molecular flexibility index (Phi) is 2.43. The Morgan fingerprint density at radius 3 is 2.88 bits per heavy atom. The number of fused-ring (bicyclic) bond motifs is 1. The SMILES string of the molecule is Clc1ccc2c(c1)N=NC2=NC1NCCN1. The largest absolute Gasteiger partial charge is 0.282 e. The molecule has 1 aromatic rings. The van der Waals surface area contributed by atoms with E-state index in [1.54, 1.807) is 6.07 Å². The van der Waals surface area contributed by atoms with Crippen molar-refractivity contribution >= 4 is 23.1 Å². The number of halogens is 1. The summed E-state index contributed by atoms with van der Waals surface area (Å²) >= 11 is 5.88. The van der Waals surface area contributed by atoms with Gasteiger partial charge in [-0.2, -0.15) is 0 Å². The van der Waals surface area contributed by atoms with Gasteiger partial charge in [0.2, 0.25) is 0 Å². The molecule has 2 aliphatic rings. The second kappa shape index (κ2) is 3.93. The van der Waals surface area contributed by atoms with Crippen LogP contribution in [0.1, 0.15) is 5.56 Å². The molecule has 0 spiro atoms. The zero-order valence-corrected chi connectivity index (χ0v) is 9.20. The highest BCUT2D eigenvalue weighted by molar-refractivity contribution is 6.31. The van der Waals surface area contributed by atoms with Crippen LogP contribution in [0, 0.1) is 0 Å². The topological polar surface area (TPSA) is 61.1 Å². The molecule has 82 valence electrons. The predicted molar refractivity (Wildman–Crippen MR) is 62.3 cm³/mol. The van der Waals surface area contributed by atoms with Crippen LogP contribution in [0.2, 0.25) is 5.02 Å². The van der Waals surface area contributed by atoms with E-state index in [-0.39, 0.29) is 6.29 Å². The lowest BCUT2D eigenvalue weighted by atomic mass is 10.2. The van der Waals surface area contributed by atoms with Gasteiger partial charge in [0.05, 0.1) is 5.69 Å². The van der Waals surface area contributed by atoms with Crippen molar-refractivity contribution in [1.29, 1.82) is 0 Å². The molecule has 1 fully saturated rings. The van der Waals surface area contributed by atoms with E-state index >= 15 is 0 Å². The molecule has 5 nitrogen and oxygen atoms in total. The minimum Gasteiger partial charge on any atom is -0.282 e. The number of aliphatic imine (C=N–C) groups is 1. The van der Waals surface area contributed by atoms with Crippen molar-refractivity contribution in [1.82, 2.24) is 10.6 Å². The molecule has 0 saturated carbocycles. The molecule has 0 bridgehead atoms. The lowest BCUT2D eigenvalue weighted by Crippen LogP contribution is -2.29. The van der Waals surface area contributed by atoms with Crippen molar-refractivity contribution in [3.63, 3.8) is 0 Å². The van der Waals surface area contributed by atoms with Crippen molar-refractivity contribution in [3.05, 3.63) is 28.8 Å². The van der Waals surface area contributed by atoms with Gasteiger partial charge in [-0.1, -0.05) is 11.6 Å². The highest BCUT2D eigenvalue weighted by atomic mass is 35.5. The number of nitrogens with zero attached hydrogens (tertiary/aromatic N) is 3. The first-order chi connectivity index (χ1) is 7.83. The Balaban J connectivity index is 1.93. The van der Waals surface area contributed by atoms with Gasteiger partial charge in [-0.05, 0) is 18.2 Å². The molecule has 0 radical (unpaired) electrons. The van der Waals surface area contributed by atoms with Crippen molar-refractivity contribution in [2.75, 3.05) is 13.1 Å². The molecular formula is C10H10ClN5. The van der Waals surface area contributed by atoms with Crippen LogP contribution in [0.15, 0.2) is 33.4 Å². The first-order valence-electron chi connectivity index (χ1n) is 5.09. The quantitative estimate of drug-likeness (QED) is 0.778. The molecule has 0 aromatic heterocycles. The Bertz CT molecular complexity index is 476. The van der Waals surface area contributed by atoms with Crippen LogP contribution in [0.3, 0.4) is 0 Å². The highest BCUT2D eigenvalue weighted by Crippen LogP contribution is 2.30. The average Bonchev–Trinajstić information content (AvgIpc) is 2.89. The number of hydrogen-bond acceptors (Lipinski definition) is 4. The predicted octanol–water partition coefficient (Wildman–Crippen LogP) is 1.66. The molecule has 0 atom stereocenters. The van der Waals surface area contributed by atoms with E-state index in [1.807, 2.05) is 12.1 Å². The maximum Gasteiger partial charge on any atom is 0.182 e. The lowest BCUT2D eigenvalue weighted by molar-refractivity contribution is 0.580. The smallest absolute Gasteiger partial charge is 0.182 e. The summed E-state index contributed by atoms with van der Waals surface area (Å²) in [6, 6.07) is 5.51. The normalized spacial score (nSPS) is 21.9. The lowest BCUT2D eigenvalue weighted by Gasteiger charge is -2.04. The number of hydrogen-bond donors (Lipinski definition) is 2. The molecule has 1 saturated heterocycles. The molecule has 0 aliphatic carbocycles. The van der Waals surface area contributed by atoms with Crippen LogP contribution >= 0.6 is 11.6 Å². The van der Waals surface area contributed by atoms with Crippen molar-refractivity contribution in [3.8, 4) is 0 Å². The Morgan fingerprint density at radius 2 is 2.06 bits per heavy atom. The minimum absolute atomic E-state index is 0.0596. The molecule has 0 unspecified atom stereocenters. The van der Waals surface area contributed by atoms with Crippen LogP contribution in [-0.2, 0) is 0 Å². The van der Waals surface area contributed by atoms with Gasteiger partial charge in [-0.15, -0.1) is 10.2 Å². The van der Waals surface area contributed by atoms with E-state index in [4.69, 9.17) is 11.6 Å². The van der Waals surface area contributed by atoms with E-state index < -0.39 is 0 Å². The number of amidine groups is 1. The van der Waals surface area contributed by atoms with Crippen LogP contribution in [0.25, 0.3) is 0 Å². The third kappa shape index (κ3) is 1.73. The summed E-state index contributed by atoms with van der Waals surface area (Å²) in [7, 11) is 0. The van der Waals surface area contributed by atoms with Gasteiger partial charge in [0.1, 0.15) is 0 Å². The fourth-order valence-corrected chi connectivity index (χ4v) is 1.90. The van der Waals surface area contributed by atoms with Gasteiger partial charge in [0.25, 0.3) is 0 Å². The molecule has 2 heterocycles. The van der Waals surface area contributed by atoms with E-state index in [1.165, 1.54) is 0 Å². The molecule has 2 N–H and O–H groups in total. The maximum absolute atomic E-state index is 5.88. The molecule has 2 aliphatic heterocycles. The Labute approximate surface area is 97.6 Å². The van der Waals surface area contributed by atoms with Crippen LogP contribution in [-0.4, -0.2) is 25.2 Å². The molecule has 6 heteroatoms. The van der Waals surface area contributed by atoms with Crippen LogP contribution in [0.5, 0.6) is 0 Å². The Morgan fingerprint density at radius 1 is 1.25 bits per heavy atom. The van der Waals surface area contributed by atoms with Crippen molar-refractivity contribution < 1.29 is 0 Å². The first kappa shape index (κ1) is 9.89. The summed E-state index contributed by atoms with van der Waals surface area (Å²) in [5.41, 5.74) is 1.71. The number of nitrogens with one attached hydrogen (secondary N) is 2. The van der Waals surface area contributed by atoms with E-state index in [9.17, 15) is 0 Å². The second-order valence-electron chi connectivity index (χ2n) is 3.62. The summed E-state index contributed by atoms with van der Waals surface area (Å²) in [6.07, 6.45) is -0.0596. The third-order valence-corrected chi connectivity index (χ3v) is 2.74. The second-order valence-corrected chi connectivity index (χ2v) is 4.06. The number of azo groups is 1. The standard InChI is InChI=1S/C10H10ClN5/c11-6-1-2-7-8(5-6)15-16-9(7)14-10-12-3-4-13-10/h1-2,5,10,12-13H,3-4H2. The average molecular weight is 236 g/mol. The zero-order valence-electron chi connectivity index (χ0n) is 8.44. The van der Waals surface area contributed by atoms with Crippen LogP contribution < -0.4 is 10.6 Å². The van der Waals surface area contributed by atoms with E-state index in [0.717, 1.165) is 24.3 Å². The Hall–Kier alpha value is -1.30. The van der Waals surface area contributed by atoms with Gasteiger partial charge in [-0.25, -0.2) is 4.99 Å². The summed E-state index contributed by atoms with van der Waals surface area (Å²) in [5, 5.41) is 15.1. The van der Waals surface area contributed by atoms with Gasteiger partial charge in [-0.3, -0.25) is 10.6 Å². The molecule has 16 heavy (non-hydrogen) atoms. The van der Waals surface area contributed by atoms with Crippen LogP contribution in [0.4, 0.5) is 5.69 Å². The number of rotatable bonds is 1. The highest BCUT2D eigenvalue weighted by Gasteiger charge is 2.19. The summed E-state index contributed by atoms with van der Waals surface area (Å²) in [5.74, 6) is 0.651. The van der Waals surface area contributed by atoms with Gasteiger partial charge < -0.3 is 0 Å². The van der Waals surface area contributed by atoms with Gasteiger partial charge in [0, 0.05) is 23.7 Å². The number of benzene rings is 1. The summed E-state index contributed by atoms with van der Waals surface area (Å²) in [6.45, 7) is 1.85. The molecule has 0 amide bonds. The summed E-state index contributed by atoms with van der Waals surface area (Å²) in [4.78, 5) is 4.44. The van der Waals surface area contributed by atoms with Gasteiger partial charge >= 0.3 is 0 Å². The monoisotopic (exact) mass is 235 g/mol. The third-order valence-electron chi connectivity index (χ3n) is 2.50. The van der Waals surface area contributed by atoms with Gasteiger partial charge in [0.15, 0.2) is 12.1 Å². The van der Waals surface area contributed by atoms with Crippen molar-refractivity contribution in [2.24, 2.45) is 15.2 Å².